The van der Waals surface area contributed by atoms with Gasteiger partial charge in [0.25, 0.3) is 0 Å². The predicted molar refractivity (Wildman–Crippen MR) is 39.7 cm³/mol. The molecule has 1 rings (SSSR count). The van der Waals surface area contributed by atoms with Crippen LogP contribution in [0.2, 0.25) is 0 Å². The summed E-state index contributed by atoms with van der Waals surface area (Å²) in [5, 5.41) is 8.45. The van der Waals surface area contributed by atoms with Crippen molar-refractivity contribution < 1.29 is 9.84 Å². The molecule has 0 aromatic carbocycles. The van der Waals surface area contributed by atoms with Crippen LogP contribution in [0.15, 0.2) is 12.0 Å². The second-order valence-electron chi connectivity index (χ2n) is 2.63. The zero-order valence-electron chi connectivity index (χ0n) is 6.34. The highest BCUT2D eigenvalue weighted by molar-refractivity contribution is 5.09. The van der Waals surface area contributed by atoms with Crippen LogP contribution in [0.3, 0.4) is 0 Å². The average Bonchev–Trinajstić information content (AvgIpc) is 2.68. The van der Waals surface area contributed by atoms with E-state index in [9.17, 15) is 0 Å². The highest BCUT2D eigenvalue weighted by Gasteiger charge is 2.31. The third-order valence-corrected chi connectivity index (χ3v) is 1.74. The molecule has 1 atom stereocenters. The largest absolute Gasteiger partial charge is 0.512 e. The summed E-state index contributed by atoms with van der Waals surface area (Å²) in [6.07, 6.45) is 6.09. The highest BCUT2D eigenvalue weighted by Crippen LogP contribution is 2.30. The highest BCUT2D eigenvalue weighted by atomic mass is 16.6. The zero-order chi connectivity index (χ0) is 7.40. The molecule has 58 valence electrons. The van der Waals surface area contributed by atoms with Gasteiger partial charge in [-0.2, -0.15) is 0 Å². The first-order chi connectivity index (χ1) is 4.88. The number of ether oxygens (including phenoxy) is 1. The van der Waals surface area contributed by atoms with E-state index in [1.165, 1.54) is 19.3 Å². The first kappa shape index (κ1) is 7.45. The molecule has 0 radical (unpaired) electrons. The van der Waals surface area contributed by atoms with Gasteiger partial charge in [0.05, 0.1) is 0 Å². The molecule has 10 heavy (non-hydrogen) atoms. The van der Waals surface area contributed by atoms with Gasteiger partial charge in [0.15, 0.2) is 11.9 Å². The van der Waals surface area contributed by atoms with Crippen molar-refractivity contribution in [1.82, 2.24) is 0 Å². The summed E-state index contributed by atoms with van der Waals surface area (Å²) in [6.45, 7) is 2.18. The van der Waals surface area contributed by atoms with Gasteiger partial charge in [-0.05, 0) is 12.8 Å². The normalized spacial score (nSPS) is 26.5. The Morgan fingerprint density at radius 2 is 2.40 bits per heavy atom. The third-order valence-electron chi connectivity index (χ3n) is 1.74. The van der Waals surface area contributed by atoms with Crippen molar-refractivity contribution in [1.29, 1.82) is 0 Å². The number of aliphatic hydroxyl groups is 1. The molecule has 0 aromatic rings. The van der Waals surface area contributed by atoms with Gasteiger partial charge in [-0.3, -0.25) is 0 Å². The van der Waals surface area contributed by atoms with E-state index >= 15 is 0 Å². The fourth-order valence-corrected chi connectivity index (χ4v) is 1.02. The zero-order valence-corrected chi connectivity index (χ0v) is 6.34. The molecule has 1 fully saturated rings. The summed E-state index contributed by atoms with van der Waals surface area (Å²) in [4.78, 5) is 0. The average molecular weight is 142 g/mol. The van der Waals surface area contributed by atoms with Crippen molar-refractivity contribution in [2.75, 3.05) is 0 Å². The Kier molecular flexibility index (Phi) is 2.60. The van der Waals surface area contributed by atoms with E-state index in [1.807, 2.05) is 0 Å². The first-order valence-corrected chi connectivity index (χ1v) is 3.89. The molecular formula is C8H14O2. The van der Waals surface area contributed by atoms with Crippen LogP contribution in [0.5, 0.6) is 0 Å². The van der Waals surface area contributed by atoms with Crippen LogP contribution in [-0.4, -0.2) is 11.2 Å². The van der Waals surface area contributed by atoms with E-state index in [2.05, 4.69) is 6.92 Å². The van der Waals surface area contributed by atoms with E-state index in [-0.39, 0.29) is 6.10 Å². The van der Waals surface area contributed by atoms with Crippen LogP contribution in [0.25, 0.3) is 0 Å². The monoisotopic (exact) mass is 142 g/mol. The van der Waals surface area contributed by atoms with Gasteiger partial charge in [0, 0.05) is 0 Å². The van der Waals surface area contributed by atoms with E-state index in [4.69, 9.17) is 9.84 Å². The molecule has 1 heterocycles. The van der Waals surface area contributed by atoms with Crippen LogP contribution in [0.1, 0.15) is 32.6 Å². The molecule has 0 bridgehead atoms. The maximum Gasteiger partial charge on any atom is 0.172 e. The van der Waals surface area contributed by atoms with Crippen molar-refractivity contribution in [3.8, 4) is 0 Å². The van der Waals surface area contributed by atoms with Crippen LogP contribution in [0.4, 0.5) is 0 Å². The number of epoxide rings is 1. The Labute approximate surface area is 61.5 Å². The Morgan fingerprint density at radius 3 is 2.90 bits per heavy atom. The second-order valence-corrected chi connectivity index (χ2v) is 2.63. The summed E-state index contributed by atoms with van der Waals surface area (Å²) in [6, 6.07) is 0. The molecule has 0 amide bonds. The molecule has 0 spiro atoms. The summed E-state index contributed by atoms with van der Waals surface area (Å²) < 4.78 is 5.02. The maximum absolute atomic E-state index is 8.45. The smallest absolute Gasteiger partial charge is 0.172 e. The van der Waals surface area contributed by atoms with Gasteiger partial charge in [-0.15, -0.1) is 0 Å². The lowest BCUT2D eigenvalue weighted by molar-refractivity contribution is 0.393. The SMILES string of the molecule is CCCCCC1OC1=CO. The van der Waals surface area contributed by atoms with Crippen molar-refractivity contribution >= 4 is 0 Å². The molecule has 1 aliphatic heterocycles. The van der Waals surface area contributed by atoms with Gasteiger partial charge in [-0.25, -0.2) is 0 Å². The van der Waals surface area contributed by atoms with E-state index in [0.29, 0.717) is 0 Å². The second kappa shape index (κ2) is 3.49. The van der Waals surface area contributed by atoms with Gasteiger partial charge in [0.2, 0.25) is 0 Å². The lowest BCUT2D eigenvalue weighted by atomic mass is 10.1. The van der Waals surface area contributed by atoms with Crippen LogP contribution in [-0.2, 0) is 4.74 Å². The van der Waals surface area contributed by atoms with Crippen LogP contribution < -0.4 is 0 Å². The predicted octanol–water partition coefficient (Wildman–Crippen LogP) is 2.36. The third kappa shape index (κ3) is 1.94. The quantitative estimate of drug-likeness (QED) is 0.371. The van der Waals surface area contributed by atoms with Gasteiger partial charge < -0.3 is 9.84 Å². The molecule has 1 aliphatic rings. The first-order valence-electron chi connectivity index (χ1n) is 3.89. The number of hydrogen-bond donors (Lipinski definition) is 1. The number of hydrogen-bond acceptors (Lipinski definition) is 2. The Hall–Kier alpha value is -0.660. The van der Waals surface area contributed by atoms with Gasteiger partial charge in [0.1, 0.15) is 6.26 Å². The minimum Gasteiger partial charge on any atom is -0.512 e. The lowest BCUT2D eigenvalue weighted by Crippen LogP contribution is -1.83. The van der Waals surface area contributed by atoms with Gasteiger partial charge >= 0.3 is 0 Å². The minimum atomic E-state index is 0.247. The van der Waals surface area contributed by atoms with Crippen molar-refractivity contribution in [2.24, 2.45) is 0 Å². The van der Waals surface area contributed by atoms with E-state index in [1.54, 1.807) is 0 Å². The van der Waals surface area contributed by atoms with Gasteiger partial charge in [-0.1, -0.05) is 19.8 Å². The standard InChI is InChI=1S/C8H14O2/c1-2-3-4-5-7-8(6-9)10-7/h6-7,9H,2-5H2,1H3. The topological polar surface area (TPSA) is 32.8 Å². The molecular weight excluding hydrogens is 128 g/mol. The maximum atomic E-state index is 8.45. The minimum absolute atomic E-state index is 0.247. The fraction of sp³-hybridized carbons (Fsp3) is 0.750. The summed E-state index contributed by atoms with van der Waals surface area (Å²) in [7, 11) is 0. The Balaban J connectivity index is 1.97. The Morgan fingerprint density at radius 1 is 1.60 bits per heavy atom. The molecule has 2 heteroatoms. The van der Waals surface area contributed by atoms with Crippen molar-refractivity contribution in [3.63, 3.8) is 0 Å². The van der Waals surface area contributed by atoms with E-state index in [0.717, 1.165) is 18.4 Å². The molecule has 1 unspecified atom stereocenters. The van der Waals surface area contributed by atoms with Crippen LogP contribution in [0, 0.1) is 0 Å². The number of aliphatic hydroxyl groups excluding tert-OH is 1. The molecule has 0 aliphatic carbocycles. The summed E-state index contributed by atoms with van der Waals surface area (Å²) in [5.41, 5.74) is 0. The molecule has 2 nitrogen and oxygen atoms in total. The van der Waals surface area contributed by atoms with E-state index < -0.39 is 0 Å². The van der Waals surface area contributed by atoms with Crippen LogP contribution >= 0.6 is 0 Å². The lowest BCUT2D eigenvalue weighted by Gasteiger charge is -1.90. The van der Waals surface area contributed by atoms with Crippen molar-refractivity contribution in [3.05, 3.63) is 12.0 Å². The van der Waals surface area contributed by atoms with Crippen molar-refractivity contribution in [2.45, 2.75) is 38.7 Å². The number of rotatable bonds is 4. The molecule has 1 N–H and O–H groups in total. The Bertz CT molecular complexity index is 129. The summed E-state index contributed by atoms with van der Waals surface area (Å²) in [5.74, 6) is 0.760. The molecule has 0 saturated carbocycles. The molecule has 1 saturated heterocycles. The molecule has 0 aromatic heterocycles. The summed E-state index contributed by atoms with van der Waals surface area (Å²) >= 11 is 0. The number of unbranched alkanes of at least 4 members (excludes halogenated alkanes) is 2. The fourth-order valence-electron chi connectivity index (χ4n) is 1.02.